The maximum absolute atomic E-state index is 11.9. The molecular formula is C16H16N2O6. The molecule has 0 aliphatic carbocycles. The minimum absolute atomic E-state index is 0.135. The molecule has 2 N–H and O–H groups in total. The van der Waals surface area contributed by atoms with Crippen molar-refractivity contribution in [1.29, 1.82) is 0 Å². The van der Waals surface area contributed by atoms with E-state index in [0.29, 0.717) is 5.56 Å². The molecule has 1 aromatic carbocycles. The molecule has 0 amide bonds. The molecule has 1 aliphatic heterocycles. The number of aliphatic hydroxyl groups is 1. The lowest BCUT2D eigenvalue weighted by Gasteiger charge is -2.16. The number of carbonyl (C=O) groups is 1. The lowest BCUT2D eigenvalue weighted by molar-refractivity contribution is -0.0532. The number of benzene rings is 1. The molecule has 3 rings (SSSR count). The van der Waals surface area contributed by atoms with E-state index in [0.717, 1.165) is 0 Å². The molecule has 1 fully saturated rings. The minimum Gasteiger partial charge on any atom is -0.459 e. The molecule has 1 aromatic heterocycles. The average molecular weight is 332 g/mol. The van der Waals surface area contributed by atoms with Gasteiger partial charge in [0.1, 0.15) is 18.9 Å². The Hall–Kier alpha value is -2.71. The molecular weight excluding hydrogens is 316 g/mol. The van der Waals surface area contributed by atoms with Gasteiger partial charge in [0.15, 0.2) is 0 Å². The van der Waals surface area contributed by atoms with Crippen LogP contribution in [0.2, 0.25) is 0 Å². The van der Waals surface area contributed by atoms with Crippen LogP contribution in [0, 0.1) is 0 Å². The topological polar surface area (TPSA) is 111 Å². The maximum atomic E-state index is 11.9. The second-order valence-corrected chi connectivity index (χ2v) is 5.41. The van der Waals surface area contributed by atoms with Crippen LogP contribution in [-0.4, -0.2) is 39.4 Å². The van der Waals surface area contributed by atoms with Gasteiger partial charge in [0, 0.05) is 18.7 Å². The van der Waals surface area contributed by atoms with Crippen molar-refractivity contribution in [3.63, 3.8) is 0 Å². The van der Waals surface area contributed by atoms with Gasteiger partial charge in [0.2, 0.25) is 0 Å². The van der Waals surface area contributed by atoms with Crippen LogP contribution in [0.5, 0.6) is 0 Å². The van der Waals surface area contributed by atoms with Crippen molar-refractivity contribution in [2.45, 2.75) is 24.9 Å². The summed E-state index contributed by atoms with van der Waals surface area (Å²) in [7, 11) is 0. The highest BCUT2D eigenvalue weighted by molar-refractivity contribution is 5.89. The highest BCUT2D eigenvalue weighted by Crippen LogP contribution is 2.27. The normalized spacial score (nSPS) is 23.1. The molecule has 1 saturated heterocycles. The van der Waals surface area contributed by atoms with Gasteiger partial charge >= 0.3 is 11.7 Å². The number of nitrogens with one attached hydrogen (secondary N) is 1. The number of carbonyl (C=O) groups excluding carboxylic acids is 1. The van der Waals surface area contributed by atoms with Gasteiger partial charge in [-0.25, -0.2) is 9.59 Å². The van der Waals surface area contributed by atoms with Crippen molar-refractivity contribution in [2.24, 2.45) is 0 Å². The van der Waals surface area contributed by atoms with Crippen LogP contribution < -0.4 is 11.2 Å². The van der Waals surface area contributed by atoms with E-state index in [9.17, 15) is 19.5 Å². The SMILES string of the molecule is O=C(OCC1OC(n2ccc(=O)[nH]c2=O)CC1O)c1ccccc1. The van der Waals surface area contributed by atoms with Crippen LogP contribution in [0.15, 0.2) is 52.2 Å². The van der Waals surface area contributed by atoms with E-state index in [1.54, 1.807) is 30.3 Å². The molecule has 0 saturated carbocycles. The van der Waals surface area contributed by atoms with Gasteiger partial charge in [-0.2, -0.15) is 0 Å². The minimum atomic E-state index is -0.891. The summed E-state index contributed by atoms with van der Waals surface area (Å²) in [6, 6.07) is 9.66. The Bertz CT molecular complexity index is 828. The number of H-pyrrole nitrogens is 1. The van der Waals surface area contributed by atoms with E-state index in [-0.39, 0.29) is 13.0 Å². The highest BCUT2D eigenvalue weighted by atomic mass is 16.6. The fourth-order valence-electron chi connectivity index (χ4n) is 2.51. The summed E-state index contributed by atoms with van der Waals surface area (Å²) in [6.07, 6.45) is -0.917. The Morgan fingerprint density at radius 2 is 2.04 bits per heavy atom. The molecule has 0 radical (unpaired) electrons. The van der Waals surface area contributed by atoms with Gasteiger partial charge in [-0.3, -0.25) is 14.3 Å². The zero-order valence-electron chi connectivity index (χ0n) is 12.6. The van der Waals surface area contributed by atoms with E-state index in [1.165, 1.54) is 16.8 Å². The molecule has 8 heteroatoms. The number of aromatic amines is 1. The third-order valence-corrected chi connectivity index (χ3v) is 3.75. The Balaban J connectivity index is 1.63. The summed E-state index contributed by atoms with van der Waals surface area (Å²) < 4.78 is 11.9. The Labute approximate surface area is 136 Å². The second-order valence-electron chi connectivity index (χ2n) is 5.41. The zero-order valence-corrected chi connectivity index (χ0v) is 12.6. The Morgan fingerprint density at radius 1 is 1.29 bits per heavy atom. The van der Waals surface area contributed by atoms with Gasteiger partial charge in [-0.1, -0.05) is 18.2 Å². The molecule has 24 heavy (non-hydrogen) atoms. The van der Waals surface area contributed by atoms with Crippen molar-refractivity contribution in [1.82, 2.24) is 9.55 Å². The quantitative estimate of drug-likeness (QED) is 0.765. The van der Waals surface area contributed by atoms with Crippen molar-refractivity contribution in [2.75, 3.05) is 6.61 Å². The third kappa shape index (κ3) is 3.44. The lowest BCUT2D eigenvalue weighted by atomic mass is 10.2. The Morgan fingerprint density at radius 3 is 2.75 bits per heavy atom. The van der Waals surface area contributed by atoms with E-state index in [2.05, 4.69) is 4.98 Å². The van der Waals surface area contributed by atoms with E-state index in [1.807, 2.05) is 0 Å². The molecule has 2 aromatic rings. The monoisotopic (exact) mass is 332 g/mol. The molecule has 2 heterocycles. The van der Waals surface area contributed by atoms with Gasteiger partial charge in [-0.15, -0.1) is 0 Å². The number of hydrogen-bond donors (Lipinski definition) is 2. The summed E-state index contributed by atoms with van der Waals surface area (Å²) in [5.74, 6) is -0.518. The number of ether oxygens (including phenoxy) is 2. The zero-order chi connectivity index (χ0) is 17.1. The summed E-state index contributed by atoms with van der Waals surface area (Å²) in [5, 5.41) is 10.0. The standard InChI is InChI=1S/C16H16N2O6/c19-11-8-14(18-7-6-13(20)17-16(18)22)24-12(11)9-23-15(21)10-4-2-1-3-5-10/h1-7,11-12,14,19H,8-9H2,(H,17,20,22). The van der Waals surface area contributed by atoms with E-state index in [4.69, 9.17) is 9.47 Å². The first-order chi connectivity index (χ1) is 11.5. The van der Waals surface area contributed by atoms with Crippen LogP contribution in [-0.2, 0) is 9.47 Å². The lowest BCUT2D eigenvalue weighted by Crippen LogP contribution is -2.32. The van der Waals surface area contributed by atoms with E-state index < -0.39 is 35.7 Å². The van der Waals surface area contributed by atoms with Gasteiger partial charge in [0.05, 0.1) is 11.7 Å². The number of nitrogens with zero attached hydrogens (tertiary/aromatic N) is 1. The van der Waals surface area contributed by atoms with Crippen LogP contribution in [0.25, 0.3) is 0 Å². The van der Waals surface area contributed by atoms with Crippen LogP contribution in [0.3, 0.4) is 0 Å². The molecule has 1 aliphatic rings. The largest absolute Gasteiger partial charge is 0.459 e. The number of aliphatic hydroxyl groups excluding tert-OH is 1. The van der Waals surface area contributed by atoms with Crippen molar-refractivity contribution in [3.8, 4) is 0 Å². The second kappa shape index (κ2) is 6.81. The van der Waals surface area contributed by atoms with Crippen LogP contribution >= 0.6 is 0 Å². The first-order valence-corrected chi connectivity index (χ1v) is 7.42. The fourth-order valence-corrected chi connectivity index (χ4v) is 2.51. The first kappa shape index (κ1) is 16.2. The molecule has 3 unspecified atom stereocenters. The average Bonchev–Trinajstić information content (AvgIpc) is 2.94. The predicted octanol–water partition coefficient (Wildman–Crippen LogP) is 0.0420. The Kier molecular flexibility index (Phi) is 4.59. The first-order valence-electron chi connectivity index (χ1n) is 7.42. The molecule has 3 atom stereocenters. The molecule has 8 nitrogen and oxygen atoms in total. The fraction of sp³-hybridized carbons (Fsp3) is 0.312. The predicted molar refractivity (Wildman–Crippen MR) is 82.6 cm³/mol. The summed E-state index contributed by atoms with van der Waals surface area (Å²) in [4.78, 5) is 36.9. The molecule has 126 valence electrons. The summed E-state index contributed by atoms with van der Waals surface area (Å²) >= 11 is 0. The summed E-state index contributed by atoms with van der Waals surface area (Å²) in [6.45, 7) is -0.135. The summed E-state index contributed by atoms with van der Waals surface area (Å²) in [5.41, 5.74) is -0.733. The van der Waals surface area contributed by atoms with Gasteiger partial charge < -0.3 is 14.6 Å². The number of hydrogen-bond acceptors (Lipinski definition) is 6. The number of esters is 1. The third-order valence-electron chi connectivity index (χ3n) is 3.75. The maximum Gasteiger partial charge on any atom is 0.338 e. The smallest absolute Gasteiger partial charge is 0.338 e. The highest BCUT2D eigenvalue weighted by Gasteiger charge is 2.36. The van der Waals surface area contributed by atoms with Gasteiger partial charge in [0.25, 0.3) is 5.56 Å². The van der Waals surface area contributed by atoms with Crippen LogP contribution in [0.4, 0.5) is 0 Å². The van der Waals surface area contributed by atoms with Crippen molar-refractivity contribution >= 4 is 5.97 Å². The molecule has 0 bridgehead atoms. The van der Waals surface area contributed by atoms with Crippen LogP contribution in [0.1, 0.15) is 23.0 Å². The molecule has 0 spiro atoms. The van der Waals surface area contributed by atoms with Crippen molar-refractivity contribution < 1.29 is 19.4 Å². The number of rotatable bonds is 4. The van der Waals surface area contributed by atoms with E-state index >= 15 is 0 Å². The van der Waals surface area contributed by atoms with Crippen molar-refractivity contribution in [3.05, 3.63) is 69.0 Å². The van der Waals surface area contributed by atoms with Gasteiger partial charge in [-0.05, 0) is 12.1 Å². The number of aromatic nitrogens is 2.